The van der Waals surface area contributed by atoms with Gasteiger partial charge in [0.2, 0.25) is 0 Å². The van der Waals surface area contributed by atoms with Crippen LogP contribution in [-0.2, 0) is 23.9 Å². The third kappa shape index (κ3) is 4.48. The van der Waals surface area contributed by atoms with E-state index in [1.165, 1.54) is 20.0 Å². The molecule has 0 aromatic carbocycles. The number of hydrogen-bond donors (Lipinski definition) is 0. The summed E-state index contributed by atoms with van der Waals surface area (Å²) in [4.78, 5) is 38.0. The molecule has 35 heavy (non-hydrogen) atoms. The van der Waals surface area contributed by atoms with Crippen molar-refractivity contribution in [3.05, 3.63) is 0 Å². The number of rotatable bonds is 7. The van der Waals surface area contributed by atoms with Gasteiger partial charge in [0, 0.05) is 24.7 Å². The summed E-state index contributed by atoms with van der Waals surface area (Å²) in [6, 6.07) is 0. The van der Waals surface area contributed by atoms with Crippen molar-refractivity contribution in [2.24, 2.45) is 52.3 Å². The van der Waals surface area contributed by atoms with Gasteiger partial charge in [-0.15, -0.1) is 0 Å². The predicted octanol–water partition coefficient (Wildman–Crippen LogP) is 6.37. The van der Waals surface area contributed by atoms with Gasteiger partial charge in [-0.1, -0.05) is 34.6 Å². The van der Waals surface area contributed by atoms with Gasteiger partial charge in [-0.2, -0.15) is 0 Å². The van der Waals surface area contributed by atoms with Gasteiger partial charge >= 0.3 is 11.9 Å². The number of carbonyl (C=O) groups excluding carboxylic acids is 3. The van der Waals surface area contributed by atoms with E-state index in [2.05, 4.69) is 27.7 Å². The Morgan fingerprint density at radius 3 is 2.31 bits per heavy atom. The van der Waals surface area contributed by atoms with Gasteiger partial charge in [-0.3, -0.25) is 14.4 Å². The van der Waals surface area contributed by atoms with Crippen molar-refractivity contribution in [3.8, 4) is 0 Å². The van der Waals surface area contributed by atoms with Crippen molar-refractivity contribution >= 4 is 17.7 Å². The molecule has 5 heteroatoms. The van der Waals surface area contributed by atoms with Crippen molar-refractivity contribution < 1.29 is 23.9 Å². The van der Waals surface area contributed by atoms with Crippen molar-refractivity contribution in [2.45, 2.75) is 111 Å². The topological polar surface area (TPSA) is 69.7 Å². The Morgan fingerprint density at radius 2 is 1.66 bits per heavy atom. The van der Waals surface area contributed by atoms with Crippen LogP contribution in [0.25, 0.3) is 0 Å². The van der Waals surface area contributed by atoms with Crippen molar-refractivity contribution in [2.75, 3.05) is 7.11 Å². The van der Waals surface area contributed by atoms with E-state index in [1.807, 2.05) is 6.92 Å². The first-order valence-electron chi connectivity index (χ1n) is 14.4. The first-order chi connectivity index (χ1) is 16.6. The zero-order valence-electron chi connectivity index (χ0n) is 22.9. The highest BCUT2D eigenvalue weighted by Gasteiger charge is 2.65. The normalized spacial score (nSPS) is 43.5. The highest BCUT2D eigenvalue weighted by atomic mass is 16.5. The summed E-state index contributed by atoms with van der Waals surface area (Å²) in [5.74, 6) is 2.82. The van der Waals surface area contributed by atoms with Gasteiger partial charge in [0.05, 0.1) is 7.11 Å². The van der Waals surface area contributed by atoms with Crippen LogP contribution in [0, 0.1) is 52.3 Å². The van der Waals surface area contributed by atoms with E-state index in [-0.39, 0.29) is 40.7 Å². The van der Waals surface area contributed by atoms with Crippen LogP contribution in [0.4, 0.5) is 0 Å². The predicted molar refractivity (Wildman–Crippen MR) is 135 cm³/mol. The van der Waals surface area contributed by atoms with Crippen LogP contribution >= 0.6 is 0 Å². The molecule has 0 aliphatic heterocycles. The van der Waals surface area contributed by atoms with Gasteiger partial charge in [0.1, 0.15) is 11.9 Å². The second-order valence-corrected chi connectivity index (χ2v) is 12.8. The molecule has 4 rings (SSSR count). The minimum Gasteiger partial charge on any atom is -0.469 e. The number of esters is 2. The van der Waals surface area contributed by atoms with Crippen molar-refractivity contribution in [3.63, 3.8) is 0 Å². The van der Waals surface area contributed by atoms with Gasteiger partial charge in [-0.05, 0) is 98.2 Å². The minimum atomic E-state index is -0.118. The Labute approximate surface area is 212 Å². The lowest BCUT2D eigenvalue weighted by molar-refractivity contribution is -0.179. The van der Waals surface area contributed by atoms with E-state index < -0.39 is 0 Å². The molecule has 0 heterocycles. The summed E-state index contributed by atoms with van der Waals surface area (Å²) in [5.41, 5.74) is 0.339. The monoisotopic (exact) mass is 488 g/mol. The lowest BCUT2D eigenvalue weighted by atomic mass is 9.42. The van der Waals surface area contributed by atoms with Crippen LogP contribution in [0.15, 0.2) is 0 Å². The lowest BCUT2D eigenvalue weighted by Crippen LogP contribution is -2.60. The Bertz CT molecular complexity index is 822. The van der Waals surface area contributed by atoms with Gasteiger partial charge in [0.15, 0.2) is 0 Å². The van der Waals surface area contributed by atoms with E-state index >= 15 is 0 Å². The second-order valence-electron chi connectivity index (χ2n) is 12.8. The minimum absolute atomic E-state index is 0.0284. The van der Waals surface area contributed by atoms with Crippen LogP contribution < -0.4 is 0 Å². The summed E-state index contributed by atoms with van der Waals surface area (Å²) in [7, 11) is 1.47. The second kappa shape index (κ2) is 10.2. The Hall–Kier alpha value is -1.39. The molecular formula is C30H48O5. The van der Waals surface area contributed by atoms with Gasteiger partial charge < -0.3 is 9.47 Å². The number of methoxy groups -OCH3 is 1. The summed E-state index contributed by atoms with van der Waals surface area (Å²) < 4.78 is 10.7. The summed E-state index contributed by atoms with van der Waals surface area (Å²) in [6.07, 6.45) is 10.1. The molecule has 198 valence electrons. The van der Waals surface area contributed by atoms with Crippen LogP contribution in [0.2, 0.25) is 0 Å². The standard InChI is InChI=1S/C30H48O5/c1-7-20-24-17-19(35-25(31)8-2)13-15-30(24,5)23-14-16-29(4)21(18(3)9-12-26(32)34-6)10-11-22(29)27(23)28(20)33/h18-24,27H,7-17H2,1-6H3/t18-,19-,20?,21-,22+,23+,24+,27+,29-,30-/m1/s1. The zero-order valence-corrected chi connectivity index (χ0v) is 22.9. The quantitative estimate of drug-likeness (QED) is 0.389. The molecule has 0 saturated heterocycles. The summed E-state index contributed by atoms with van der Waals surface area (Å²) in [5, 5.41) is 0. The molecule has 0 spiro atoms. The van der Waals surface area contributed by atoms with Crippen LogP contribution in [0.1, 0.15) is 105 Å². The molecule has 5 nitrogen and oxygen atoms in total. The maximum atomic E-state index is 14.2. The molecule has 4 saturated carbocycles. The van der Waals surface area contributed by atoms with E-state index in [0.717, 1.165) is 44.9 Å². The largest absolute Gasteiger partial charge is 0.469 e. The zero-order chi connectivity index (χ0) is 25.5. The Kier molecular flexibility index (Phi) is 7.75. The Balaban J connectivity index is 1.56. The third-order valence-electron chi connectivity index (χ3n) is 11.5. The first kappa shape index (κ1) is 26.7. The number of ether oxygens (including phenoxy) is 2. The highest BCUT2D eigenvalue weighted by molar-refractivity contribution is 5.86. The summed E-state index contributed by atoms with van der Waals surface area (Å²) in [6.45, 7) is 11.3. The molecule has 0 bridgehead atoms. The molecule has 4 aliphatic rings. The molecule has 1 unspecified atom stereocenters. The van der Waals surface area contributed by atoms with Crippen LogP contribution in [0.5, 0.6) is 0 Å². The Morgan fingerprint density at radius 1 is 0.971 bits per heavy atom. The fourth-order valence-electron chi connectivity index (χ4n) is 9.62. The number of ketones is 1. The van der Waals surface area contributed by atoms with E-state index in [1.54, 1.807) is 0 Å². The van der Waals surface area contributed by atoms with E-state index in [0.29, 0.717) is 48.2 Å². The van der Waals surface area contributed by atoms with Crippen molar-refractivity contribution in [1.29, 1.82) is 0 Å². The third-order valence-corrected chi connectivity index (χ3v) is 11.5. The lowest BCUT2D eigenvalue weighted by Gasteiger charge is -2.62. The van der Waals surface area contributed by atoms with Crippen molar-refractivity contribution in [1.82, 2.24) is 0 Å². The molecule has 0 aromatic heterocycles. The molecular weight excluding hydrogens is 440 g/mol. The SMILES string of the molecule is CCC(=O)O[C@@H]1CC[C@@]2(C)[C@@H](C1)C(CC)C(=O)[C@@H]1[C@@H]2CC[C@]2(C)[C@@H]([C@H](C)CCC(=O)OC)CC[C@@H]12. The average Bonchev–Trinajstić information content (AvgIpc) is 3.20. The molecule has 0 amide bonds. The molecule has 4 fully saturated rings. The molecule has 0 radical (unpaired) electrons. The van der Waals surface area contributed by atoms with Gasteiger partial charge in [-0.25, -0.2) is 0 Å². The van der Waals surface area contributed by atoms with E-state index in [9.17, 15) is 14.4 Å². The molecule has 4 aliphatic carbocycles. The maximum absolute atomic E-state index is 14.2. The van der Waals surface area contributed by atoms with Gasteiger partial charge in [0.25, 0.3) is 0 Å². The van der Waals surface area contributed by atoms with Crippen LogP contribution in [-0.4, -0.2) is 30.9 Å². The first-order valence-corrected chi connectivity index (χ1v) is 14.4. The summed E-state index contributed by atoms with van der Waals surface area (Å²) >= 11 is 0. The number of carbonyl (C=O) groups is 3. The molecule has 0 N–H and O–H groups in total. The average molecular weight is 489 g/mol. The highest BCUT2D eigenvalue weighted by Crippen LogP contribution is 2.68. The smallest absolute Gasteiger partial charge is 0.305 e. The number of Topliss-reactive ketones (excluding diaryl/α,β-unsaturated/α-hetero) is 1. The fourth-order valence-corrected chi connectivity index (χ4v) is 9.62. The number of fused-ring (bicyclic) bond motifs is 5. The molecule has 10 atom stereocenters. The molecule has 0 aromatic rings. The van der Waals surface area contributed by atoms with Crippen LogP contribution in [0.3, 0.4) is 0 Å². The fraction of sp³-hybridized carbons (Fsp3) is 0.900. The van der Waals surface area contributed by atoms with E-state index in [4.69, 9.17) is 9.47 Å². The number of hydrogen-bond acceptors (Lipinski definition) is 5. The maximum Gasteiger partial charge on any atom is 0.305 e.